The van der Waals surface area contributed by atoms with Gasteiger partial charge in [-0.2, -0.15) is 0 Å². The summed E-state index contributed by atoms with van der Waals surface area (Å²) in [5.74, 6) is 1.30. The van der Waals surface area contributed by atoms with Crippen molar-refractivity contribution >= 4 is 28.1 Å². The molecule has 1 N–H and O–H groups in total. The molecule has 7 heteroatoms. The lowest BCUT2D eigenvalue weighted by atomic mass is 10.3. The minimum absolute atomic E-state index is 0.0204. The number of thiazole rings is 1. The van der Waals surface area contributed by atoms with E-state index in [4.69, 9.17) is 26.3 Å². The molecule has 94 valence electrons. The van der Waals surface area contributed by atoms with Crippen LogP contribution in [-0.4, -0.2) is 22.5 Å². The van der Waals surface area contributed by atoms with Crippen LogP contribution in [0.5, 0.6) is 16.7 Å². The van der Waals surface area contributed by atoms with Crippen molar-refractivity contribution in [2.75, 3.05) is 7.11 Å². The van der Waals surface area contributed by atoms with E-state index in [2.05, 4.69) is 10.1 Å². The Balaban J connectivity index is 2.16. The van der Waals surface area contributed by atoms with Crippen molar-refractivity contribution in [3.05, 3.63) is 35.3 Å². The summed E-state index contributed by atoms with van der Waals surface area (Å²) in [7, 11) is 1.58. The summed E-state index contributed by atoms with van der Waals surface area (Å²) in [4.78, 5) is 4.54. The van der Waals surface area contributed by atoms with E-state index < -0.39 is 0 Å². The Hall–Kier alpha value is -1.79. The van der Waals surface area contributed by atoms with Gasteiger partial charge in [0.2, 0.25) is 0 Å². The topological polar surface area (TPSA) is 63.9 Å². The molecule has 1 aromatic heterocycles. The first-order valence-corrected chi connectivity index (χ1v) is 6.08. The minimum Gasteiger partial charge on any atom is -0.497 e. The maximum atomic E-state index is 8.53. The molecule has 1 aromatic carbocycles. The van der Waals surface area contributed by atoms with Gasteiger partial charge in [-0.1, -0.05) is 34.2 Å². The summed E-state index contributed by atoms with van der Waals surface area (Å²) in [5, 5.41) is 11.8. The summed E-state index contributed by atoms with van der Waals surface area (Å²) in [6.45, 7) is 0. The fourth-order valence-electron chi connectivity index (χ4n) is 1.22. The Kier molecular flexibility index (Phi) is 4.01. The lowest BCUT2D eigenvalue weighted by molar-refractivity contribution is 0.321. The standard InChI is InChI=1S/C11H9ClN2O3S/c1-16-7-3-2-4-8(5-7)17-11-13-6-9(18-11)10(12)14-15/h2-6,15H,1H3. The van der Waals surface area contributed by atoms with Gasteiger partial charge in [0.05, 0.1) is 18.2 Å². The summed E-state index contributed by atoms with van der Waals surface area (Å²) in [5.41, 5.74) is 0. The van der Waals surface area contributed by atoms with E-state index in [0.29, 0.717) is 21.6 Å². The van der Waals surface area contributed by atoms with Gasteiger partial charge in [-0.15, -0.1) is 0 Å². The highest BCUT2D eigenvalue weighted by molar-refractivity contribution is 7.17. The Morgan fingerprint density at radius 1 is 1.44 bits per heavy atom. The van der Waals surface area contributed by atoms with Crippen molar-refractivity contribution in [3.8, 4) is 16.7 Å². The van der Waals surface area contributed by atoms with E-state index in [0.717, 1.165) is 0 Å². The van der Waals surface area contributed by atoms with Gasteiger partial charge < -0.3 is 14.7 Å². The lowest BCUT2D eigenvalue weighted by Crippen LogP contribution is -1.85. The van der Waals surface area contributed by atoms with Crippen LogP contribution in [-0.2, 0) is 0 Å². The lowest BCUT2D eigenvalue weighted by Gasteiger charge is -2.03. The van der Waals surface area contributed by atoms with E-state index in [1.165, 1.54) is 17.5 Å². The number of benzene rings is 1. The van der Waals surface area contributed by atoms with Crippen LogP contribution in [0.4, 0.5) is 0 Å². The second-order valence-electron chi connectivity index (χ2n) is 3.16. The van der Waals surface area contributed by atoms with Crippen LogP contribution in [0.2, 0.25) is 0 Å². The second-order valence-corrected chi connectivity index (χ2v) is 4.51. The molecule has 0 saturated carbocycles. The maximum absolute atomic E-state index is 8.53. The molecular formula is C11H9ClN2O3S. The first-order valence-electron chi connectivity index (χ1n) is 4.88. The van der Waals surface area contributed by atoms with Gasteiger partial charge in [0.25, 0.3) is 5.19 Å². The number of hydrogen-bond acceptors (Lipinski definition) is 6. The molecule has 0 bridgehead atoms. The van der Waals surface area contributed by atoms with Gasteiger partial charge in [0.1, 0.15) is 11.5 Å². The number of halogens is 1. The molecule has 0 fully saturated rings. The van der Waals surface area contributed by atoms with E-state index in [1.54, 1.807) is 19.2 Å². The molecule has 0 unspecified atom stereocenters. The van der Waals surface area contributed by atoms with Crippen molar-refractivity contribution in [2.45, 2.75) is 0 Å². The maximum Gasteiger partial charge on any atom is 0.279 e. The second kappa shape index (κ2) is 5.70. The number of rotatable bonds is 4. The molecule has 2 aromatic rings. The van der Waals surface area contributed by atoms with Crippen LogP contribution in [0, 0.1) is 0 Å². The first kappa shape index (κ1) is 12.7. The molecular weight excluding hydrogens is 276 g/mol. The van der Waals surface area contributed by atoms with Crippen LogP contribution in [0.15, 0.2) is 35.6 Å². The molecule has 18 heavy (non-hydrogen) atoms. The van der Waals surface area contributed by atoms with Crippen molar-refractivity contribution in [3.63, 3.8) is 0 Å². The summed E-state index contributed by atoms with van der Waals surface area (Å²) < 4.78 is 10.6. The summed E-state index contributed by atoms with van der Waals surface area (Å²) in [6, 6.07) is 7.15. The molecule has 0 aliphatic carbocycles. The highest BCUT2D eigenvalue weighted by atomic mass is 35.5. The molecule has 0 radical (unpaired) electrons. The summed E-state index contributed by atoms with van der Waals surface area (Å²) in [6.07, 6.45) is 1.47. The Bertz CT molecular complexity index is 571. The number of hydrogen-bond donors (Lipinski definition) is 1. The predicted octanol–water partition coefficient (Wildman–Crippen LogP) is 3.32. The fraction of sp³-hybridized carbons (Fsp3) is 0.0909. The third-order valence-electron chi connectivity index (χ3n) is 2.02. The van der Waals surface area contributed by atoms with Crippen LogP contribution in [0.1, 0.15) is 4.88 Å². The number of methoxy groups -OCH3 is 1. The van der Waals surface area contributed by atoms with Gasteiger partial charge >= 0.3 is 0 Å². The highest BCUT2D eigenvalue weighted by Crippen LogP contribution is 2.29. The molecule has 0 aliphatic heterocycles. The van der Waals surface area contributed by atoms with Gasteiger partial charge in [-0.25, -0.2) is 4.98 Å². The Labute approximate surface area is 112 Å². The van der Waals surface area contributed by atoms with E-state index >= 15 is 0 Å². The van der Waals surface area contributed by atoms with E-state index in [1.807, 2.05) is 12.1 Å². The molecule has 0 atom stereocenters. The highest BCUT2D eigenvalue weighted by Gasteiger charge is 2.09. The fourth-order valence-corrected chi connectivity index (χ4v) is 2.04. The van der Waals surface area contributed by atoms with Crippen molar-refractivity contribution in [2.24, 2.45) is 5.16 Å². The third-order valence-corrected chi connectivity index (χ3v) is 3.30. The van der Waals surface area contributed by atoms with Gasteiger partial charge in [0.15, 0.2) is 5.17 Å². The number of aromatic nitrogens is 1. The van der Waals surface area contributed by atoms with Crippen molar-refractivity contribution in [1.29, 1.82) is 0 Å². The molecule has 0 aliphatic rings. The average Bonchev–Trinajstić information content (AvgIpc) is 2.86. The Morgan fingerprint density at radius 2 is 2.22 bits per heavy atom. The monoisotopic (exact) mass is 284 g/mol. The molecule has 5 nitrogen and oxygen atoms in total. The van der Waals surface area contributed by atoms with E-state index in [9.17, 15) is 0 Å². The van der Waals surface area contributed by atoms with Crippen molar-refractivity contribution in [1.82, 2.24) is 4.98 Å². The average molecular weight is 285 g/mol. The van der Waals surface area contributed by atoms with Crippen LogP contribution in [0.25, 0.3) is 0 Å². The Morgan fingerprint density at radius 3 is 2.94 bits per heavy atom. The zero-order valence-electron chi connectivity index (χ0n) is 9.33. The summed E-state index contributed by atoms with van der Waals surface area (Å²) >= 11 is 6.83. The van der Waals surface area contributed by atoms with Crippen molar-refractivity contribution < 1.29 is 14.7 Å². The van der Waals surface area contributed by atoms with Gasteiger partial charge in [-0.05, 0) is 12.1 Å². The zero-order valence-corrected chi connectivity index (χ0v) is 10.9. The molecule has 2 rings (SSSR count). The quantitative estimate of drug-likeness (QED) is 0.531. The largest absolute Gasteiger partial charge is 0.497 e. The predicted molar refractivity (Wildman–Crippen MR) is 69.4 cm³/mol. The van der Waals surface area contributed by atoms with Gasteiger partial charge in [0, 0.05) is 6.07 Å². The van der Waals surface area contributed by atoms with Crippen LogP contribution in [0.3, 0.4) is 0 Å². The number of oxime groups is 1. The number of ether oxygens (including phenoxy) is 2. The normalized spacial score (nSPS) is 11.3. The van der Waals surface area contributed by atoms with Gasteiger partial charge in [-0.3, -0.25) is 0 Å². The molecule has 0 spiro atoms. The van der Waals surface area contributed by atoms with Crippen LogP contribution >= 0.6 is 22.9 Å². The minimum atomic E-state index is -0.0204. The SMILES string of the molecule is COc1cccc(Oc2ncc(C(Cl)=NO)s2)c1. The third kappa shape index (κ3) is 2.91. The van der Waals surface area contributed by atoms with E-state index in [-0.39, 0.29) is 5.17 Å². The van der Waals surface area contributed by atoms with Crippen LogP contribution < -0.4 is 9.47 Å². The molecule has 0 amide bonds. The smallest absolute Gasteiger partial charge is 0.279 e. The first-order chi connectivity index (χ1) is 8.72. The molecule has 0 saturated heterocycles. The zero-order chi connectivity index (χ0) is 13.0. The molecule has 1 heterocycles. The number of nitrogens with zero attached hydrogens (tertiary/aromatic N) is 2.